The smallest absolute Gasteiger partial charge is 0.224 e. The minimum absolute atomic E-state index is 0.0332. The van der Waals surface area contributed by atoms with Gasteiger partial charge < -0.3 is 46.4 Å². The molecule has 1 heterocycles. The lowest BCUT2D eigenvalue weighted by Gasteiger charge is -2.12. The molecule has 0 saturated carbocycles. The van der Waals surface area contributed by atoms with E-state index in [2.05, 4.69) is 28.5 Å². The Morgan fingerprint density at radius 3 is 2.29 bits per heavy atom. The molecule has 5 rings (SSSR count). The number of H-pyrrole nitrogens is 1. The molecule has 5 aromatic rings. The van der Waals surface area contributed by atoms with Gasteiger partial charge in [0.2, 0.25) is 5.91 Å². The van der Waals surface area contributed by atoms with Crippen LogP contribution in [0.5, 0.6) is 11.5 Å². The largest absolute Gasteiger partial charge is 0.508 e. The van der Waals surface area contributed by atoms with Gasteiger partial charge in [-0.1, -0.05) is 36.4 Å². The van der Waals surface area contributed by atoms with Crippen LogP contribution in [-0.4, -0.2) is 73.0 Å². The number of phenols is 1. The van der Waals surface area contributed by atoms with Crippen LogP contribution in [0.25, 0.3) is 22.2 Å². The van der Waals surface area contributed by atoms with Crippen molar-refractivity contribution in [2.45, 2.75) is 71.1 Å². The highest BCUT2D eigenvalue weighted by Gasteiger charge is 2.18. The number of nitrogen functional groups attached to an aromatic ring is 2. The number of aryl methyl sites for hydroxylation is 1. The molecule has 326 valence electrons. The van der Waals surface area contributed by atoms with Gasteiger partial charge in [0, 0.05) is 90.8 Å². The molecule has 13 heteroatoms. The topological polar surface area (TPSA) is 222 Å². The SMILES string of the molecule is C#CCCOCCCCCNc1ccc(OCCOCCCC(=O)CCCC(=O)Nc2ccc(O)c(Cc3c(-c4ccc(C(=N)N)cc4)[nH]c4cc(C(=N)N)ccc34)c2)cc1C. The number of amidine groups is 2. The van der Waals surface area contributed by atoms with Crippen molar-refractivity contribution in [3.05, 3.63) is 107 Å². The van der Waals surface area contributed by atoms with E-state index in [1.54, 1.807) is 36.4 Å². The van der Waals surface area contributed by atoms with E-state index < -0.39 is 0 Å². The third kappa shape index (κ3) is 14.2. The monoisotopic (exact) mass is 841 g/mol. The lowest BCUT2D eigenvalue weighted by atomic mass is 9.96. The first kappa shape index (κ1) is 46.4. The summed E-state index contributed by atoms with van der Waals surface area (Å²) >= 11 is 0. The fourth-order valence-corrected chi connectivity index (χ4v) is 7.04. The van der Waals surface area contributed by atoms with E-state index in [0.717, 1.165) is 77.1 Å². The summed E-state index contributed by atoms with van der Waals surface area (Å²) < 4.78 is 17.0. The number of benzene rings is 4. The second kappa shape index (κ2) is 24.0. The number of aromatic nitrogens is 1. The van der Waals surface area contributed by atoms with Crippen LogP contribution in [0.15, 0.2) is 78.9 Å². The minimum atomic E-state index is -0.223. The fourth-order valence-electron chi connectivity index (χ4n) is 7.04. The first-order chi connectivity index (χ1) is 30.0. The number of ether oxygens (including phenoxy) is 3. The standard InChI is InChI=1S/C49H59N7O6/c1-3-4-24-60-25-7-5-6-23-54-43-21-19-40(29-33(43)2)62-28-27-61-26-9-11-39(57)10-8-12-46(59)55-38-18-22-45(58)37(30-38)31-42-41-20-17-36(49(52)53)32-44(41)56-47(42)34-13-15-35(16-14-34)48(50)51/h1,13-22,29-30,32,54,56,58H,4-12,23-28,31H2,2H3,(H3,50,51)(H3,52,53)(H,55,59). The lowest BCUT2D eigenvalue weighted by molar-refractivity contribution is -0.119. The Morgan fingerprint density at radius 2 is 1.53 bits per heavy atom. The molecule has 1 aromatic heterocycles. The van der Waals surface area contributed by atoms with Crippen molar-refractivity contribution in [1.29, 1.82) is 10.8 Å². The van der Waals surface area contributed by atoms with Crippen molar-refractivity contribution in [1.82, 2.24) is 4.98 Å². The van der Waals surface area contributed by atoms with Crippen molar-refractivity contribution in [3.63, 3.8) is 0 Å². The quantitative estimate of drug-likeness (QED) is 0.00838. The fraction of sp³-hybridized carbons (Fsp3) is 0.347. The summed E-state index contributed by atoms with van der Waals surface area (Å²) in [6.45, 7) is 5.60. The predicted molar refractivity (Wildman–Crippen MR) is 248 cm³/mol. The number of aromatic amines is 1. The summed E-state index contributed by atoms with van der Waals surface area (Å²) in [7, 11) is 0. The van der Waals surface area contributed by atoms with Crippen LogP contribution in [0, 0.1) is 30.1 Å². The van der Waals surface area contributed by atoms with Gasteiger partial charge in [0.1, 0.15) is 35.6 Å². The molecule has 0 aliphatic heterocycles. The number of fused-ring (bicyclic) bond motifs is 1. The molecule has 10 N–H and O–H groups in total. The molecular formula is C49H59N7O6. The summed E-state index contributed by atoms with van der Waals surface area (Å²) in [5.41, 5.74) is 19.3. The van der Waals surface area contributed by atoms with Gasteiger partial charge in [-0.2, -0.15) is 0 Å². The van der Waals surface area contributed by atoms with E-state index in [4.69, 9.17) is 42.9 Å². The van der Waals surface area contributed by atoms with Gasteiger partial charge in [-0.15, -0.1) is 12.3 Å². The molecule has 13 nitrogen and oxygen atoms in total. The molecular weight excluding hydrogens is 783 g/mol. The van der Waals surface area contributed by atoms with Crippen LogP contribution < -0.4 is 26.8 Å². The van der Waals surface area contributed by atoms with Crippen LogP contribution in [0.2, 0.25) is 0 Å². The molecule has 0 aliphatic carbocycles. The number of hydrogen-bond acceptors (Lipinski definition) is 9. The highest BCUT2D eigenvalue weighted by molar-refractivity contribution is 6.01. The highest BCUT2D eigenvalue weighted by Crippen LogP contribution is 2.35. The summed E-state index contributed by atoms with van der Waals surface area (Å²) in [6, 6.07) is 23.7. The van der Waals surface area contributed by atoms with Crippen molar-refractivity contribution >= 4 is 45.6 Å². The highest BCUT2D eigenvalue weighted by atomic mass is 16.5. The Balaban J connectivity index is 0.998. The second-order valence-electron chi connectivity index (χ2n) is 15.2. The summed E-state index contributed by atoms with van der Waals surface area (Å²) in [6.07, 6.45) is 11.3. The number of amides is 1. The van der Waals surface area contributed by atoms with Gasteiger partial charge in [0.25, 0.3) is 0 Å². The molecule has 0 fully saturated rings. The number of carbonyl (C=O) groups excluding carboxylic acids is 2. The summed E-state index contributed by atoms with van der Waals surface area (Å²) in [4.78, 5) is 28.9. The maximum absolute atomic E-state index is 12.9. The number of aromatic hydroxyl groups is 1. The van der Waals surface area contributed by atoms with Gasteiger partial charge in [-0.3, -0.25) is 20.4 Å². The molecule has 0 radical (unpaired) electrons. The zero-order valence-corrected chi connectivity index (χ0v) is 35.5. The first-order valence-corrected chi connectivity index (χ1v) is 21.2. The zero-order valence-electron chi connectivity index (χ0n) is 35.5. The number of phenolic OH excluding ortho intramolecular Hbond substituents is 1. The Bertz CT molecular complexity index is 2350. The second-order valence-corrected chi connectivity index (χ2v) is 15.2. The van der Waals surface area contributed by atoms with Crippen molar-refractivity contribution in [2.75, 3.05) is 50.2 Å². The number of unbranched alkanes of at least 4 members (excludes halogenated alkanes) is 2. The first-order valence-electron chi connectivity index (χ1n) is 21.2. The minimum Gasteiger partial charge on any atom is -0.508 e. The molecule has 0 unspecified atom stereocenters. The third-order valence-electron chi connectivity index (χ3n) is 10.4. The number of Topliss-reactive ketones (excluding diaryl/α,β-unsaturated/α-hetero) is 1. The van der Waals surface area contributed by atoms with E-state index in [0.29, 0.717) is 87.3 Å². The number of carbonyl (C=O) groups is 2. The van der Waals surface area contributed by atoms with Crippen molar-refractivity contribution in [3.8, 4) is 35.1 Å². The van der Waals surface area contributed by atoms with Crippen LogP contribution in [-0.2, 0) is 25.5 Å². The average Bonchev–Trinajstić information content (AvgIpc) is 3.61. The number of hydrogen-bond donors (Lipinski definition) is 8. The van der Waals surface area contributed by atoms with Gasteiger partial charge >= 0.3 is 0 Å². The maximum Gasteiger partial charge on any atom is 0.224 e. The zero-order chi connectivity index (χ0) is 44.3. The van der Waals surface area contributed by atoms with E-state index in [9.17, 15) is 14.7 Å². The average molecular weight is 842 g/mol. The number of rotatable bonds is 27. The molecule has 4 aromatic carbocycles. The van der Waals surface area contributed by atoms with Gasteiger partial charge in [0.15, 0.2) is 0 Å². The van der Waals surface area contributed by atoms with Crippen LogP contribution in [0.1, 0.15) is 85.6 Å². The lowest BCUT2D eigenvalue weighted by Crippen LogP contribution is -2.12. The number of anilines is 2. The van der Waals surface area contributed by atoms with Crippen LogP contribution in [0.4, 0.5) is 11.4 Å². The summed E-state index contributed by atoms with van der Waals surface area (Å²) in [5, 5.41) is 33.8. The van der Waals surface area contributed by atoms with Crippen molar-refractivity contribution in [2.24, 2.45) is 11.5 Å². The van der Waals surface area contributed by atoms with Crippen LogP contribution >= 0.6 is 0 Å². The number of terminal acetylenes is 1. The molecule has 0 atom stereocenters. The number of ketones is 1. The Labute approximate surface area is 363 Å². The van der Waals surface area contributed by atoms with E-state index >= 15 is 0 Å². The van der Waals surface area contributed by atoms with Gasteiger partial charge in [0.05, 0.1) is 18.9 Å². The normalized spacial score (nSPS) is 11.0. The van der Waals surface area contributed by atoms with E-state index in [1.807, 2.05) is 42.5 Å². The van der Waals surface area contributed by atoms with Crippen LogP contribution in [0.3, 0.4) is 0 Å². The number of nitrogens with two attached hydrogens (primary N) is 2. The molecule has 0 bridgehead atoms. The third-order valence-corrected chi connectivity index (χ3v) is 10.4. The molecule has 62 heavy (non-hydrogen) atoms. The molecule has 0 aliphatic rings. The molecule has 1 amide bonds. The van der Waals surface area contributed by atoms with Crippen molar-refractivity contribution < 1.29 is 28.9 Å². The Kier molecular flexibility index (Phi) is 18.0. The Hall–Kier alpha value is -6.62. The predicted octanol–water partition coefficient (Wildman–Crippen LogP) is 8.18. The van der Waals surface area contributed by atoms with Gasteiger partial charge in [-0.05, 0) is 98.2 Å². The van der Waals surface area contributed by atoms with E-state index in [1.165, 1.54) is 0 Å². The van der Waals surface area contributed by atoms with E-state index in [-0.39, 0.29) is 35.5 Å². The molecule has 0 spiro atoms. The molecule has 0 saturated heterocycles. The maximum atomic E-state index is 12.9. The Morgan fingerprint density at radius 1 is 0.790 bits per heavy atom. The summed E-state index contributed by atoms with van der Waals surface area (Å²) in [5.74, 6) is 3.21. The van der Waals surface area contributed by atoms with Gasteiger partial charge in [-0.25, -0.2) is 0 Å². The number of nitrogens with one attached hydrogen (secondary N) is 5.